The van der Waals surface area contributed by atoms with Crippen LogP contribution in [0.15, 0.2) is 6.20 Å². The van der Waals surface area contributed by atoms with E-state index in [1.165, 1.54) is 17.5 Å². The van der Waals surface area contributed by atoms with E-state index in [-0.39, 0.29) is 6.61 Å². The Bertz CT molecular complexity index is 254. The number of rotatable bonds is 5. The van der Waals surface area contributed by atoms with Gasteiger partial charge in [0.15, 0.2) is 0 Å². The molecule has 13 heavy (non-hydrogen) atoms. The molecule has 3 nitrogen and oxygen atoms in total. The van der Waals surface area contributed by atoms with Crippen molar-refractivity contribution in [3.8, 4) is 0 Å². The van der Waals surface area contributed by atoms with Crippen LogP contribution in [-0.4, -0.2) is 23.3 Å². The van der Waals surface area contributed by atoms with Gasteiger partial charge in [-0.2, -0.15) is 0 Å². The van der Waals surface area contributed by atoms with Crippen molar-refractivity contribution in [3.05, 3.63) is 15.5 Å². The van der Waals surface area contributed by atoms with Crippen LogP contribution in [0.4, 0.5) is 0 Å². The van der Waals surface area contributed by atoms with Crippen molar-refractivity contribution in [2.75, 3.05) is 13.2 Å². The number of ether oxygens (including phenoxy) is 1. The van der Waals surface area contributed by atoms with E-state index >= 15 is 0 Å². The van der Waals surface area contributed by atoms with Crippen LogP contribution in [0.2, 0.25) is 4.34 Å². The fraction of sp³-hybridized carbons (Fsp3) is 0.625. The predicted octanol–water partition coefficient (Wildman–Crippen LogP) is 2.26. The van der Waals surface area contributed by atoms with Crippen molar-refractivity contribution < 1.29 is 9.84 Å². The highest BCUT2D eigenvalue weighted by Gasteiger charge is 2.11. The van der Waals surface area contributed by atoms with Crippen molar-refractivity contribution in [1.82, 2.24) is 4.98 Å². The summed E-state index contributed by atoms with van der Waals surface area (Å²) in [5, 5.41) is 10.1. The number of aliphatic hydroxyl groups excluding tert-OH is 1. The molecule has 0 aromatic carbocycles. The molecule has 0 aliphatic carbocycles. The van der Waals surface area contributed by atoms with Crippen LogP contribution in [0.1, 0.15) is 24.5 Å². The van der Waals surface area contributed by atoms with Crippen molar-refractivity contribution >= 4 is 22.9 Å². The Morgan fingerprint density at radius 1 is 1.77 bits per heavy atom. The molecule has 1 rings (SSSR count). The van der Waals surface area contributed by atoms with Crippen molar-refractivity contribution in [2.24, 2.45) is 0 Å². The molecular weight excluding hydrogens is 210 g/mol. The van der Waals surface area contributed by atoms with Gasteiger partial charge in [0.25, 0.3) is 0 Å². The zero-order chi connectivity index (χ0) is 9.68. The number of thiazole rings is 1. The average Bonchev–Trinajstić information content (AvgIpc) is 2.52. The lowest BCUT2D eigenvalue weighted by Crippen LogP contribution is -2.07. The highest BCUT2D eigenvalue weighted by Crippen LogP contribution is 2.23. The molecule has 0 radical (unpaired) electrons. The predicted molar refractivity (Wildman–Crippen MR) is 53.2 cm³/mol. The van der Waals surface area contributed by atoms with Gasteiger partial charge in [-0.05, 0) is 6.42 Å². The van der Waals surface area contributed by atoms with Gasteiger partial charge in [-0.1, -0.05) is 18.5 Å². The molecule has 1 aromatic rings. The van der Waals surface area contributed by atoms with E-state index in [2.05, 4.69) is 4.98 Å². The third-order valence-electron chi connectivity index (χ3n) is 1.40. The zero-order valence-corrected chi connectivity index (χ0v) is 8.94. The lowest BCUT2D eigenvalue weighted by atomic mass is 10.4. The van der Waals surface area contributed by atoms with Gasteiger partial charge in [0, 0.05) is 6.61 Å². The largest absolute Gasteiger partial charge is 0.383 e. The molecule has 1 atom stereocenters. The summed E-state index contributed by atoms with van der Waals surface area (Å²) in [5.41, 5.74) is 0. The van der Waals surface area contributed by atoms with Crippen LogP contribution in [0.5, 0.6) is 0 Å². The summed E-state index contributed by atoms with van der Waals surface area (Å²) >= 11 is 6.95. The van der Waals surface area contributed by atoms with E-state index in [4.69, 9.17) is 16.3 Å². The first-order valence-electron chi connectivity index (χ1n) is 4.11. The minimum absolute atomic E-state index is 0.289. The van der Waals surface area contributed by atoms with Crippen LogP contribution in [0.3, 0.4) is 0 Å². The molecule has 1 aromatic heterocycles. The monoisotopic (exact) mass is 221 g/mol. The second-order valence-corrected chi connectivity index (χ2v) is 4.29. The quantitative estimate of drug-likeness (QED) is 0.776. The first kappa shape index (κ1) is 10.9. The maximum absolute atomic E-state index is 9.52. The van der Waals surface area contributed by atoms with E-state index in [9.17, 15) is 5.11 Å². The summed E-state index contributed by atoms with van der Waals surface area (Å²) in [7, 11) is 0. The maximum atomic E-state index is 9.52. The first-order valence-corrected chi connectivity index (χ1v) is 5.30. The second kappa shape index (κ2) is 5.54. The summed E-state index contributed by atoms with van der Waals surface area (Å²) in [6, 6.07) is 0. The molecule has 0 saturated heterocycles. The second-order valence-electron chi connectivity index (χ2n) is 2.59. The van der Waals surface area contributed by atoms with Crippen LogP contribution >= 0.6 is 22.9 Å². The van der Waals surface area contributed by atoms with Crippen LogP contribution in [0, 0.1) is 0 Å². The fourth-order valence-corrected chi connectivity index (χ4v) is 1.73. The van der Waals surface area contributed by atoms with Crippen LogP contribution in [-0.2, 0) is 4.74 Å². The summed E-state index contributed by atoms with van der Waals surface area (Å²) in [6.07, 6.45) is 1.83. The average molecular weight is 222 g/mol. The van der Waals surface area contributed by atoms with E-state index in [1.807, 2.05) is 6.92 Å². The number of halogens is 1. The number of hydrogen-bond donors (Lipinski definition) is 1. The topological polar surface area (TPSA) is 42.4 Å². The molecular formula is C8H12ClNO2S. The molecule has 1 N–H and O–H groups in total. The lowest BCUT2D eigenvalue weighted by Gasteiger charge is -2.06. The van der Waals surface area contributed by atoms with E-state index in [1.54, 1.807) is 0 Å². The minimum Gasteiger partial charge on any atom is -0.383 e. The summed E-state index contributed by atoms with van der Waals surface area (Å²) in [5.74, 6) is 0. The molecule has 0 aliphatic rings. The Morgan fingerprint density at radius 3 is 3.08 bits per heavy atom. The van der Waals surface area contributed by atoms with Crippen molar-refractivity contribution in [3.63, 3.8) is 0 Å². The number of aromatic nitrogens is 1. The van der Waals surface area contributed by atoms with E-state index < -0.39 is 6.10 Å². The van der Waals surface area contributed by atoms with Gasteiger partial charge in [0.05, 0.1) is 12.8 Å². The third-order valence-corrected chi connectivity index (χ3v) is 2.62. The van der Waals surface area contributed by atoms with Crippen LogP contribution in [0.25, 0.3) is 0 Å². The van der Waals surface area contributed by atoms with Gasteiger partial charge in [-0.3, -0.25) is 0 Å². The van der Waals surface area contributed by atoms with Crippen LogP contribution < -0.4 is 0 Å². The highest BCUT2D eigenvalue weighted by atomic mass is 35.5. The lowest BCUT2D eigenvalue weighted by molar-refractivity contribution is 0.0362. The molecule has 0 spiro atoms. The minimum atomic E-state index is -0.649. The SMILES string of the molecule is CCCOCC(O)c1ncc(Cl)s1. The Hall–Kier alpha value is -0.160. The third kappa shape index (κ3) is 3.60. The maximum Gasteiger partial charge on any atom is 0.129 e. The molecule has 1 unspecified atom stereocenters. The Morgan fingerprint density at radius 2 is 2.54 bits per heavy atom. The number of aliphatic hydroxyl groups is 1. The summed E-state index contributed by atoms with van der Waals surface area (Å²) in [4.78, 5) is 3.95. The Balaban J connectivity index is 2.35. The first-order chi connectivity index (χ1) is 6.24. The van der Waals surface area contributed by atoms with E-state index in [0.717, 1.165) is 6.42 Å². The molecule has 1 heterocycles. The van der Waals surface area contributed by atoms with Gasteiger partial charge in [0.1, 0.15) is 15.4 Å². The Labute approximate surface area is 86.3 Å². The van der Waals surface area contributed by atoms with Crippen molar-refractivity contribution in [1.29, 1.82) is 0 Å². The van der Waals surface area contributed by atoms with E-state index in [0.29, 0.717) is 16.0 Å². The molecule has 5 heteroatoms. The van der Waals surface area contributed by atoms with Gasteiger partial charge in [-0.15, -0.1) is 11.3 Å². The molecule has 0 saturated carbocycles. The van der Waals surface area contributed by atoms with Gasteiger partial charge >= 0.3 is 0 Å². The summed E-state index contributed by atoms with van der Waals surface area (Å²) < 4.78 is 5.77. The molecule has 0 fully saturated rings. The van der Waals surface area contributed by atoms with Crippen molar-refractivity contribution in [2.45, 2.75) is 19.4 Å². The van der Waals surface area contributed by atoms with Gasteiger partial charge in [-0.25, -0.2) is 4.98 Å². The summed E-state index contributed by atoms with van der Waals surface area (Å²) in [6.45, 7) is 2.97. The highest BCUT2D eigenvalue weighted by molar-refractivity contribution is 7.15. The zero-order valence-electron chi connectivity index (χ0n) is 7.36. The van der Waals surface area contributed by atoms with Gasteiger partial charge < -0.3 is 9.84 Å². The molecule has 0 amide bonds. The number of hydrogen-bond acceptors (Lipinski definition) is 4. The normalized spacial score (nSPS) is 13.2. The molecule has 0 aliphatic heterocycles. The van der Waals surface area contributed by atoms with Gasteiger partial charge in [0.2, 0.25) is 0 Å². The fourth-order valence-electron chi connectivity index (χ4n) is 0.832. The number of nitrogens with zero attached hydrogens (tertiary/aromatic N) is 1. The Kier molecular flexibility index (Phi) is 4.66. The standard InChI is InChI=1S/C8H12ClNO2S/c1-2-3-12-5-6(11)8-10-4-7(9)13-8/h4,6,11H,2-3,5H2,1H3. The smallest absolute Gasteiger partial charge is 0.129 e. The molecule has 74 valence electrons. The molecule has 0 bridgehead atoms.